The molecule has 0 aliphatic carbocycles. The summed E-state index contributed by atoms with van der Waals surface area (Å²) in [5.41, 5.74) is 2.50. The maximum Gasteiger partial charge on any atom is 0.225 e. The van der Waals surface area contributed by atoms with Crippen LogP contribution in [0, 0.1) is 0 Å². The van der Waals surface area contributed by atoms with E-state index in [9.17, 15) is 4.79 Å². The van der Waals surface area contributed by atoms with E-state index in [-0.39, 0.29) is 11.8 Å². The third kappa shape index (κ3) is 2.56. The molecule has 0 spiro atoms. The Morgan fingerprint density at radius 3 is 2.57 bits per heavy atom. The van der Waals surface area contributed by atoms with Gasteiger partial charge in [0.05, 0.1) is 27.0 Å². The number of benzene rings is 1. The topological polar surface area (TPSA) is 69.7 Å². The van der Waals surface area contributed by atoms with Crippen molar-refractivity contribution in [3.05, 3.63) is 41.7 Å². The number of rotatable bonds is 4. The fourth-order valence-electron chi connectivity index (χ4n) is 2.98. The summed E-state index contributed by atoms with van der Waals surface area (Å²) in [7, 11) is 4.69. The van der Waals surface area contributed by atoms with Gasteiger partial charge in [-0.1, -0.05) is 6.07 Å². The predicted molar refractivity (Wildman–Crippen MR) is 85.4 cm³/mol. The standard InChI is InChI=1S/C17H18N2O4/c1-21-13-8-12-15(17(23-3)16(13)22-2)11(7-14(20)19-12)10-5-4-6-18-9-10/h4-6,8-9,11H,7H2,1-3H3,(H,19,20)/t11-/m0/s1. The van der Waals surface area contributed by atoms with Crippen LogP contribution in [0.1, 0.15) is 23.5 Å². The minimum absolute atomic E-state index is 0.0550. The number of nitrogens with zero attached hydrogens (tertiary/aromatic N) is 1. The van der Waals surface area contributed by atoms with Crippen LogP contribution >= 0.6 is 0 Å². The molecule has 1 aromatic carbocycles. The van der Waals surface area contributed by atoms with E-state index in [1.165, 1.54) is 0 Å². The minimum atomic E-state index is -0.151. The average molecular weight is 314 g/mol. The molecule has 0 saturated heterocycles. The number of pyridine rings is 1. The van der Waals surface area contributed by atoms with Gasteiger partial charge in [-0.3, -0.25) is 9.78 Å². The fourth-order valence-corrected chi connectivity index (χ4v) is 2.98. The molecule has 2 heterocycles. The molecule has 0 unspecified atom stereocenters. The number of hydrogen-bond donors (Lipinski definition) is 1. The molecule has 0 radical (unpaired) electrons. The van der Waals surface area contributed by atoms with Crippen LogP contribution in [0.15, 0.2) is 30.6 Å². The molecule has 1 N–H and O–H groups in total. The first-order chi connectivity index (χ1) is 11.2. The minimum Gasteiger partial charge on any atom is -0.493 e. The van der Waals surface area contributed by atoms with Crippen molar-refractivity contribution in [2.45, 2.75) is 12.3 Å². The molecule has 2 aromatic rings. The van der Waals surface area contributed by atoms with Crippen molar-refractivity contribution in [3.8, 4) is 17.2 Å². The van der Waals surface area contributed by atoms with Crippen LogP contribution in [0.5, 0.6) is 17.2 Å². The van der Waals surface area contributed by atoms with Gasteiger partial charge in [0.2, 0.25) is 11.7 Å². The Balaban J connectivity index is 2.25. The van der Waals surface area contributed by atoms with Crippen molar-refractivity contribution in [1.82, 2.24) is 4.98 Å². The van der Waals surface area contributed by atoms with E-state index in [4.69, 9.17) is 14.2 Å². The summed E-state index contributed by atoms with van der Waals surface area (Å²) < 4.78 is 16.4. The Morgan fingerprint density at radius 1 is 1.17 bits per heavy atom. The number of aromatic nitrogens is 1. The molecule has 1 aromatic heterocycles. The second kappa shape index (κ2) is 6.16. The molecule has 1 aliphatic rings. The van der Waals surface area contributed by atoms with Crippen LogP contribution in [-0.4, -0.2) is 32.2 Å². The van der Waals surface area contributed by atoms with Gasteiger partial charge in [-0.15, -0.1) is 0 Å². The molecule has 23 heavy (non-hydrogen) atoms. The number of nitrogens with one attached hydrogen (secondary N) is 1. The van der Waals surface area contributed by atoms with E-state index in [2.05, 4.69) is 10.3 Å². The second-order valence-electron chi connectivity index (χ2n) is 5.20. The van der Waals surface area contributed by atoms with Crippen LogP contribution in [0.4, 0.5) is 5.69 Å². The summed E-state index contributed by atoms with van der Waals surface area (Å²) in [5, 5.41) is 2.89. The van der Waals surface area contributed by atoms with Crippen LogP contribution in [-0.2, 0) is 4.79 Å². The number of methoxy groups -OCH3 is 3. The van der Waals surface area contributed by atoms with Gasteiger partial charge in [0.1, 0.15) is 0 Å². The first-order valence-corrected chi connectivity index (χ1v) is 7.22. The molecular formula is C17H18N2O4. The summed E-state index contributed by atoms with van der Waals surface area (Å²) in [6.07, 6.45) is 3.80. The molecule has 1 aliphatic heterocycles. The zero-order chi connectivity index (χ0) is 16.4. The SMILES string of the molecule is COc1cc2c(c(OC)c1OC)[C@H](c1cccnc1)CC(=O)N2. The maximum absolute atomic E-state index is 12.1. The fraction of sp³-hybridized carbons (Fsp3) is 0.294. The van der Waals surface area contributed by atoms with Gasteiger partial charge in [0.15, 0.2) is 11.5 Å². The van der Waals surface area contributed by atoms with E-state index in [1.807, 2.05) is 12.1 Å². The van der Waals surface area contributed by atoms with E-state index < -0.39 is 0 Å². The van der Waals surface area contributed by atoms with Crippen LogP contribution in [0.3, 0.4) is 0 Å². The highest BCUT2D eigenvalue weighted by Crippen LogP contribution is 2.50. The molecule has 0 fully saturated rings. The van der Waals surface area contributed by atoms with Gasteiger partial charge in [0, 0.05) is 36.4 Å². The Kier molecular flexibility index (Phi) is 4.06. The summed E-state index contributed by atoms with van der Waals surface area (Å²) >= 11 is 0. The van der Waals surface area contributed by atoms with Crippen molar-refractivity contribution < 1.29 is 19.0 Å². The summed E-state index contributed by atoms with van der Waals surface area (Å²) in [5.74, 6) is 1.38. The van der Waals surface area contributed by atoms with E-state index in [0.717, 1.165) is 11.1 Å². The van der Waals surface area contributed by atoms with Gasteiger partial charge in [-0.2, -0.15) is 0 Å². The van der Waals surface area contributed by atoms with Crippen LogP contribution in [0.25, 0.3) is 0 Å². The Bertz CT molecular complexity index is 731. The number of carbonyl (C=O) groups is 1. The number of fused-ring (bicyclic) bond motifs is 1. The van der Waals surface area contributed by atoms with Gasteiger partial charge >= 0.3 is 0 Å². The molecule has 6 nitrogen and oxygen atoms in total. The third-order valence-corrected chi connectivity index (χ3v) is 3.97. The number of carbonyl (C=O) groups excluding carboxylic acids is 1. The zero-order valence-electron chi connectivity index (χ0n) is 13.3. The molecule has 1 amide bonds. The highest BCUT2D eigenvalue weighted by Gasteiger charge is 2.33. The summed E-state index contributed by atoms with van der Waals surface area (Å²) in [6, 6.07) is 5.57. The molecule has 0 saturated carbocycles. The van der Waals surface area contributed by atoms with Gasteiger partial charge < -0.3 is 19.5 Å². The third-order valence-electron chi connectivity index (χ3n) is 3.97. The van der Waals surface area contributed by atoms with Gasteiger partial charge in [0.25, 0.3) is 0 Å². The Hall–Kier alpha value is -2.76. The number of amides is 1. The lowest BCUT2D eigenvalue weighted by molar-refractivity contribution is -0.116. The first kappa shape index (κ1) is 15.1. The Morgan fingerprint density at radius 2 is 1.96 bits per heavy atom. The highest BCUT2D eigenvalue weighted by molar-refractivity contribution is 5.97. The highest BCUT2D eigenvalue weighted by atomic mass is 16.5. The lowest BCUT2D eigenvalue weighted by Gasteiger charge is -2.29. The van der Waals surface area contributed by atoms with E-state index in [1.54, 1.807) is 39.8 Å². The van der Waals surface area contributed by atoms with E-state index in [0.29, 0.717) is 29.4 Å². The molecule has 120 valence electrons. The number of anilines is 1. The Labute approximate surface area is 134 Å². The molecule has 3 rings (SSSR count). The van der Waals surface area contributed by atoms with Crippen molar-refractivity contribution in [2.24, 2.45) is 0 Å². The van der Waals surface area contributed by atoms with Crippen LogP contribution < -0.4 is 19.5 Å². The smallest absolute Gasteiger partial charge is 0.225 e. The van der Waals surface area contributed by atoms with Crippen molar-refractivity contribution in [1.29, 1.82) is 0 Å². The molecule has 1 atom stereocenters. The molecule has 0 bridgehead atoms. The summed E-state index contributed by atoms with van der Waals surface area (Å²) in [4.78, 5) is 16.3. The predicted octanol–water partition coefficient (Wildman–Crippen LogP) is 2.58. The van der Waals surface area contributed by atoms with Crippen LogP contribution in [0.2, 0.25) is 0 Å². The zero-order valence-corrected chi connectivity index (χ0v) is 13.3. The normalized spacial score (nSPS) is 16.3. The number of ether oxygens (including phenoxy) is 3. The maximum atomic E-state index is 12.1. The largest absolute Gasteiger partial charge is 0.493 e. The molecular weight excluding hydrogens is 296 g/mol. The van der Waals surface area contributed by atoms with Gasteiger partial charge in [-0.05, 0) is 11.6 Å². The number of hydrogen-bond acceptors (Lipinski definition) is 5. The lowest BCUT2D eigenvalue weighted by Crippen LogP contribution is -2.24. The second-order valence-corrected chi connectivity index (χ2v) is 5.20. The van der Waals surface area contributed by atoms with E-state index >= 15 is 0 Å². The monoisotopic (exact) mass is 314 g/mol. The van der Waals surface area contributed by atoms with Crippen molar-refractivity contribution in [3.63, 3.8) is 0 Å². The van der Waals surface area contributed by atoms with Gasteiger partial charge in [-0.25, -0.2) is 0 Å². The van der Waals surface area contributed by atoms with Crippen molar-refractivity contribution in [2.75, 3.05) is 26.6 Å². The average Bonchev–Trinajstić information content (AvgIpc) is 2.59. The van der Waals surface area contributed by atoms with Crippen molar-refractivity contribution >= 4 is 11.6 Å². The lowest BCUT2D eigenvalue weighted by atomic mass is 9.84. The summed E-state index contributed by atoms with van der Waals surface area (Å²) in [6.45, 7) is 0. The molecule has 6 heteroatoms. The quantitative estimate of drug-likeness (QED) is 0.939. The first-order valence-electron chi connectivity index (χ1n) is 7.22.